The van der Waals surface area contributed by atoms with Crippen LogP contribution in [0.15, 0.2) is 48.5 Å². The predicted molar refractivity (Wildman–Crippen MR) is 121 cm³/mol. The third kappa shape index (κ3) is 6.58. The molecular formula is C23H30ClN3O2. The molecule has 3 rings (SSSR count). The number of benzene rings is 2. The van der Waals surface area contributed by atoms with Crippen LogP contribution in [-0.2, 0) is 4.79 Å². The first-order chi connectivity index (χ1) is 13.5. The number of hydrogen-bond donors (Lipinski definition) is 3. The number of carbonyl (C=O) groups excluding carboxylic acids is 2. The molecule has 2 aromatic rings. The fourth-order valence-electron chi connectivity index (χ4n) is 3.70. The number of halogens is 1. The van der Waals surface area contributed by atoms with E-state index in [1.54, 1.807) is 12.1 Å². The van der Waals surface area contributed by atoms with Crippen LogP contribution in [0.3, 0.4) is 0 Å². The van der Waals surface area contributed by atoms with Crippen molar-refractivity contribution in [1.82, 2.24) is 5.32 Å². The van der Waals surface area contributed by atoms with Crippen LogP contribution >= 0.6 is 12.4 Å². The number of rotatable bonds is 6. The van der Waals surface area contributed by atoms with E-state index in [0.717, 1.165) is 37.2 Å². The van der Waals surface area contributed by atoms with Crippen molar-refractivity contribution < 1.29 is 9.59 Å². The van der Waals surface area contributed by atoms with Gasteiger partial charge in [0.2, 0.25) is 5.91 Å². The minimum Gasteiger partial charge on any atom is -0.326 e. The molecule has 1 aliphatic rings. The molecule has 1 fully saturated rings. The summed E-state index contributed by atoms with van der Waals surface area (Å²) in [4.78, 5) is 24.9. The molecule has 29 heavy (non-hydrogen) atoms. The Labute approximate surface area is 179 Å². The fourth-order valence-corrected chi connectivity index (χ4v) is 3.70. The Morgan fingerprint density at radius 2 is 1.76 bits per heavy atom. The maximum absolute atomic E-state index is 12.6. The lowest BCUT2D eigenvalue weighted by molar-refractivity contribution is -0.117. The maximum atomic E-state index is 12.6. The van der Waals surface area contributed by atoms with Gasteiger partial charge in [-0.15, -0.1) is 12.4 Å². The average molecular weight is 416 g/mol. The zero-order valence-corrected chi connectivity index (χ0v) is 17.9. The average Bonchev–Trinajstić information content (AvgIpc) is 2.71. The first-order valence-corrected chi connectivity index (χ1v) is 10.0. The number of anilines is 2. The highest BCUT2D eigenvalue weighted by Crippen LogP contribution is 2.26. The van der Waals surface area contributed by atoms with Crippen LogP contribution in [0.5, 0.6) is 0 Å². The highest BCUT2D eigenvalue weighted by Gasteiger charge is 2.22. The molecule has 1 aliphatic heterocycles. The van der Waals surface area contributed by atoms with Gasteiger partial charge in [0, 0.05) is 23.4 Å². The summed E-state index contributed by atoms with van der Waals surface area (Å²) in [5.74, 6) is 0.829. The fraction of sp³-hybridized carbons (Fsp3) is 0.391. The number of piperidine rings is 1. The van der Waals surface area contributed by atoms with Gasteiger partial charge in [-0.2, -0.15) is 0 Å². The molecule has 3 N–H and O–H groups in total. The molecule has 2 amide bonds. The third-order valence-corrected chi connectivity index (χ3v) is 5.50. The Bertz CT molecular complexity index is 820. The first kappa shape index (κ1) is 22.9. The van der Waals surface area contributed by atoms with Crippen LogP contribution in [0.1, 0.15) is 42.1 Å². The number of amides is 2. The van der Waals surface area contributed by atoms with E-state index in [4.69, 9.17) is 0 Å². The van der Waals surface area contributed by atoms with Gasteiger partial charge in [0.05, 0.1) is 0 Å². The van der Waals surface area contributed by atoms with Crippen LogP contribution < -0.4 is 16.0 Å². The minimum absolute atomic E-state index is 0. The summed E-state index contributed by atoms with van der Waals surface area (Å²) in [7, 11) is 0. The zero-order chi connectivity index (χ0) is 19.9. The molecule has 1 unspecified atom stereocenters. The highest BCUT2D eigenvalue weighted by molar-refractivity contribution is 6.04. The Morgan fingerprint density at radius 1 is 1.07 bits per heavy atom. The monoisotopic (exact) mass is 415 g/mol. The second-order valence-corrected chi connectivity index (χ2v) is 7.67. The summed E-state index contributed by atoms with van der Waals surface area (Å²) in [5.41, 5.74) is 2.99. The molecule has 1 heterocycles. The van der Waals surface area contributed by atoms with Crippen molar-refractivity contribution in [3.05, 3.63) is 59.7 Å². The van der Waals surface area contributed by atoms with Crippen molar-refractivity contribution in [2.45, 2.75) is 33.1 Å². The molecule has 2 aromatic carbocycles. The number of carbonyl (C=O) groups is 2. The Balaban J connectivity index is 0.00000300. The molecule has 0 saturated carbocycles. The summed E-state index contributed by atoms with van der Waals surface area (Å²) in [6, 6.07) is 14.7. The summed E-state index contributed by atoms with van der Waals surface area (Å²) in [5, 5.41) is 9.29. The van der Waals surface area contributed by atoms with E-state index in [9.17, 15) is 9.59 Å². The smallest absolute Gasteiger partial charge is 0.255 e. The van der Waals surface area contributed by atoms with E-state index in [2.05, 4.69) is 22.9 Å². The van der Waals surface area contributed by atoms with Gasteiger partial charge in [0.15, 0.2) is 0 Å². The minimum atomic E-state index is -0.166. The van der Waals surface area contributed by atoms with Crippen LogP contribution in [-0.4, -0.2) is 24.9 Å². The van der Waals surface area contributed by atoms with E-state index in [1.807, 2.05) is 43.3 Å². The topological polar surface area (TPSA) is 70.2 Å². The molecule has 0 spiro atoms. The van der Waals surface area contributed by atoms with Crippen molar-refractivity contribution >= 4 is 35.6 Å². The standard InChI is InChI=1S/C23H29N3O2.ClH/c1-16-8-9-20(25-23(28)19-6-4-3-5-7-19)15-21(16)26-22(27)14-17(2)18-10-12-24-13-11-18;/h3-9,15,17-18,24H,10-14H2,1-2H3,(H,25,28)(H,26,27);1H. The van der Waals surface area contributed by atoms with Crippen LogP contribution in [0.25, 0.3) is 0 Å². The Kier molecular flexibility index (Phi) is 8.68. The summed E-state index contributed by atoms with van der Waals surface area (Å²) < 4.78 is 0. The van der Waals surface area contributed by atoms with Gasteiger partial charge < -0.3 is 16.0 Å². The predicted octanol–water partition coefficient (Wildman–Crippen LogP) is 4.63. The van der Waals surface area contributed by atoms with E-state index >= 15 is 0 Å². The lowest BCUT2D eigenvalue weighted by Crippen LogP contribution is -2.32. The molecule has 0 aromatic heterocycles. The van der Waals surface area contributed by atoms with Crippen molar-refractivity contribution in [2.24, 2.45) is 11.8 Å². The molecule has 156 valence electrons. The third-order valence-electron chi connectivity index (χ3n) is 5.50. The molecule has 1 atom stereocenters. The second kappa shape index (κ2) is 11.0. The second-order valence-electron chi connectivity index (χ2n) is 7.67. The molecule has 0 aliphatic carbocycles. The number of hydrogen-bond acceptors (Lipinski definition) is 3. The van der Waals surface area contributed by atoms with Crippen LogP contribution in [0.4, 0.5) is 11.4 Å². The molecule has 0 radical (unpaired) electrons. The molecule has 5 nitrogen and oxygen atoms in total. The summed E-state index contributed by atoms with van der Waals surface area (Å²) in [6.07, 6.45) is 2.79. The Hall–Kier alpha value is -2.37. The van der Waals surface area contributed by atoms with E-state index in [1.165, 1.54) is 0 Å². The quantitative estimate of drug-likeness (QED) is 0.644. The van der Waals surface area contributed by atoms with Crippen molar-refractivity contribution in [3.63, 3.8) is 0 Å². The highest BCUT2D eigenvalue weighted by atomic mass is 35.5. The Morgan fingerprint density at radius 3 is 2.45 bits per heavy atom. The van der Waals surface area contributed by atoms with Gasteiger partial charge >= 0.3 is 0 Å². The number of aryl methyl sites for hydroxylation is 1. The molecular weight excluding hydrogens is 386 g/mol. The van der Waals surface area contributed by atoms with E-state index in [-0.39, 0.29) is 24.2 Å². The van der Waals surface area contributed by atoms with Gasteiger partial charge in [-0.05, 0) is 74.5 Å². The van der Waals surface area contributed by atoms with Crippen molar-refractivity contribution in [2.75, 3.05) is 23.7 Å². The van der Waals surface area contributed by atoms with Crippen LogP contribution in [0, 0.1) is 18.8 Å². The molecule has 1 saturated heterocycles. The van der Waals surface area contributed by atoms with Gasteiger partial charge in [-0.1, -0.05) is 31.2 Å². The summed E-state index contributed by atoms with van der Waals surface area (Å²) >= 11 is 0. The SMILES string of the molecule is Cc1ccc(NC(=O)c2ccccc2)cc1NC(=O)CC(C)C1CCNCC1.Cl. The summed E-state index contributed by atoms with van der Waals surface area (Å²) in [6.45, 7) is 6.20. The first-order valence-electron chi connectivity index (χ1n) is 10.0. The maximum Gasteiger partial charge on any atom is 0.255 e. The van der Waals surface area contributed by atoms with Gasteiger partial charge in [-0.25, -0.2) is 0 Å². The van der Waals surface area contributed by atoms with Crippen molar-refractivity contribution in [3.8, 4) is 0 Å². The number of nitrogens with one attached hydrogen (secondary N) is 3. The molecule has 6 heteroatoms. The largest absolute Gasteiger partial charge is 0.326 e. The van der Waals surface area contributed by atoms with Gasteiger partial charge in [-0.3, -0.25) is 9.59 Å². The normalized spacial score (nSPS) is 15.1. The lowest BCUT2D eigenvalue weighted by atomic mass is 9.84. The van der Waals surface area contributed by atoms with E-state index in [0.29, 0.717) is 29.5 Å². The molecule has 0 bridgehead atoms. The lowest BCUT2D eigenvalue weighted by Gasteiger charge is -2.28. The van der Waals surface area contributed by atoms with Gasteiger partial charge in [0.25, 0.3) is 5.91 Å². The van der Waals surface area contributed by atoms with Crippen molar-refractivity contribution in [1.29, 1.82) is 0 Å². The van der Waals surface area contributed by atoms with Gasteiger partial charge in [0.1, 0.15) is 0 Å². The zero-order valence-electron chi connectivity index (χ0n) is 17.0. The van der Waals surface area contributed by atoms with E-state index < -0.39 is 0 Å². The van der Waals surface area contributed by atoms with Crippen LogP contribution in [0.2, 0.25) is 0 Å².